The van der Waals surface area contributed by atoms with E-state index in [1.165, 1.54) is 11.1 Å². The SMILES string of the molecule is CC(C)COc1ccc(CNc2ccc(CCC(=O)OC(=O)C(F)(F)F)cc2)cc1CN(Cc1ccccc1)Cc1ccccc1. The van der Waals surface area contributed by atoms with E-state index in [4.69, 9.17) is 4.74 Å². The fourth-order valence-corrected chi connectivity index (χ4v) is 4.81. The highest BCUT2D eigenvalue weighted by atomic mass is 19.4. The second-order valence-corrected chi connectivity index (χ2v) is 11.6. The minimum Gasteiger partial charge on any atom is -0.493 e. The number of rotatable bonds is 15. The molecule has 4 aromatic rings. The minimum absolute atomic E-state index is 0.147. The van der Waals surface area contributed by atoms with Crippen LogP contribution in [0.1, 0.15) is 48.1 Å². The minimum atomic E-state index is -5.20. The van der Waals surface area contributed by atoms with Crippen LogP contribution in [0.25, 0.3) is 0 Å². The quantitative estimate of drug-likeness (QED) is 0.106. The van der Waals surface area contributed by atoms with Crippen LogP contribution in [0.3, 0.4) is 0 Å². The third kappa shape index (κ3) is 11.4. The van der Waals surface area contributed by atoms with Crippen molar-refractivity contribution < 1.29 is 32.2 Å². The highest BCUT2D eigenvalue weighted by molar-refractivity contribution is 5.88. The van der Waals surface area contributed by atoms with Crippen LogP contribution in [-0.4, -0.2) is 29.6 Å². The number of carbonyl (C=O) groups is 2. The Balaban J connectivity index is 1.42. The van der Waals surface area contributed by atoms with Gasteiger partial charge in [-0.25, -0.2) is 4.79 Å². The van der Waals surface area contributed by atoms with Gasteiger partial charge in [0.15, 0.2) is 0 Å². The molecule has 4 aromatic carbocycles. The number of hydrogen-bond acceptors (Lipinski definition) is 6. The molecule has 0 atom stereocenters. The van der Waals surface area contributed by atoms with Gasteiger partial charge in [-0.05, 0) is 58.9 Å². The fraction of sp³-hybridized carbons (Fsp3) is 0.297. The van der Waals surface area contributed by atoms with Crippen LogP contribution in [0.2, 0.25) is 0 Å². The molecule has 0 heterocycles. The first kappa shape index (κ1) is 34.2. The smallest absolute Gasteiger partial charge is 0.491 e. The van der Waals surface area contributed by atoms with E-state index in [9.17, 15) is 22.8 Å². The summed E-state index contributed by atoms with van der Waals surface area (Å²) in [7, 11) is 0. The Morgan fingerprint density at radius 2 is 1.35 bits per heavy atom. The average molecular weight is 633 g/mol. The summed E-state index contributed by atoms with van der Waals surface area (Å²) in [6.45, 7) is 7.68. The number of halogens is 3. The maximum atomic E-state index is 12.3. The van der Waals surface area contributed by atoms with E-state index < -0.39 is 18.1 Å². The van der Waals surface area contributed by atoms with Crippen molar-refractivity contribution in [3.05, 3.63) is 131 Å². The number of alkyl halides is 3. The van der Waals surface area contributed by atoms with E-state index in [1.807, 2.05) is 36.4 Å². The molecule has 4 rings (SSSR count). The number of ether oxygens (including phenoxy) is 2. The summed E-state index contributed by atoms with van der Waals surface area (Å²) < 4.78 is 47.0. The molecule has 0 aliphatic heterocycles. The van der Waals surface area contributed by atoms with Gasteiger partial charge in [-0.3, -0.25) is 9.69 Å². The molecule has 0 saturated heterocycles. The van der Waals surface area contributed by atoms with Gasteiger partial charge in [-0.2, -0.15) is 13.2 Å². The van der Waals surface area contributed by atoms with Crippen molar-refractivity contribution >= 4 is 17.6 Å². The Hall–Kier alpha value is -4.63. The predicted octanol–water partition coefficient (Wildman–Crippen LogP) is 8.10. The number of nitrogens with one attached hydrogen (secondary N) is 1. The Morgan fingerprint density at radius 3 is 1.91 bits per heavy atom. The topological polar surface area (TPSA) is 67.9 Å². The van der Waals surface area contributed by atoms with Crippen molar-refractivity contribution in [3.8, 4) is 5.75 Å². The lowest BCUT2D eigenvalue weighted by atomic mass is 10.1. The molecular weight excluding hydrogens is 593 g/mol. The molecule has 0 amide bonds. The molecule has 6 nitrogen and oxygen atoms in total. The number of esters is 2. The molecule has 0 bridgehead atoms. The fourth-order valence-electron chi connectivity index (χ4n) is 4.81. The molecule has 0 fully saturated rings. The van der Waals surface area contributed by atoms with Crippen molar-refractivity contribution in [1.82, 2.24) is 4.90 Å². The van der Waals surface area contributed by atoms with Gasteiger partial charge in [-0.1, -0.05) is 92.7 Å². The molecule has 242 valence electrons. The summed E-state index contributed by atoms with van der Waals surface area (Å²) in [6, 6.07) is 34.3. The Bertz CT molecular complexity index is 1500. The molecule has 0 saturated carbocycles. The zero-order valence-electron chi connectivity index (χ0n) is 26.1. The van der Waals surface area contributed by atoms with Crippen LogP contribution in [0.4, 0.5) is 18.9 Å². The number of hydrogen-bond donors (Lipinski definition) is 1. The van der Waals surface area contributed by atoms with Crippen molar-refractivity contribution in [2.24, 2.45) is 5.92 Å². The molecule has 0 radical (unpaired) electrons. The van der Waals surface area contributed by atoms with Gasteiger partial charge >= 0.3 is 18.1 Å². The van der Waals surface area contributed by atoms with Crippen molar-refractivity contribution in [1.29, 1.82) is 0 Å². The van der Waals surface area contributed by atoms with Crippen LogP contribution in [0.15, 0.2) is 103 Å². The zero-order chi connectivity index (χ0) is 32.9. The van der Waals surface area contributed by atoms with Crippen molar-refractivity contribution in [2.75, 3.05) is 11.9 Å². The van der Waals surface area contributed by atoms with Crippen LogP contribution in [0, 0.1) is 5.92 Å². The van der Waals surface area contributed by atoms with E-state index in [0.29, 0.717) is 25.6 Å². The Labute approximate surface area is 268 Å². The second-order valence-electron chi connectivity index (χ2n) is 11.6. The van der Waals surface area contributed by atoms with E-state index in [1.54, 1.807) is 12.1 Å². The van der Waals surface area contributed by atoms with Gasteiger partial charge in [-0.15, -0.1) is 0 Å². The first-order valence-electron chi connectivity index (χ1n) is 15.2. The van der Waals surface area contributed by atoms with E-state index in [-0.39, 0.29) is 12.8 Å². The van der Waals surface area contributed by atoms with Crippen molar-refractivity contribution in [2.45, 2.75) is 59.0 Å². The predicted molar refractivity (Wildman–Crippen MR) is 172 cm³/mol. The molecule has 0 aliphatic rings. The summed E-state index contributed by atoms with van der Waals surface area (Å²) in [5.74, 6) is -2.47. The molecular formula is C37H39F3N2O4. The van der Waals surface area contributed by atoms with Gasteiger partial charge in [0.25, 0.3) is 0 Å². The van der Waals surface area contributed by atoms with E-state index in [2.05, 4.69) is 83.4 Å². The lowest BCUT2D eigenvalue weighted by Crippen LogP contribution is -2.28. The molecule has 0 aliphatic carbocycles. The monoisotopic (exact) mass is 632 g/mol. The van der Waals surface area contributed by atoms with Crippen molar-refractivity contribution in [3.63, 3.8) is 0 Å². The van der Waals surface area contributed by atoms with Gasteiger partial charge in [0, 0.05) is 37.4 Å². The molecule has 46 heavy (non-hydrogen) atoms. The summed E-state index contributed by atoms with van der Waals surface area (Å²) >= 11 is 0. The summed E-state index contributed by atoms with van der Waals surface area (Å²) in [5, 5.41) is 3.41. The van der Waals surface area contributed by atoms with Crippen LogP contribution < -0.4 is 10.1 Å². The third-order valence-electron chi connectivity index (χ3n) is 7.10. The average Bonchev–Trinajstić information content (AvgIpc) is 3.03. The maximum Gasteiger partial charge on any atom is 0.491 e. The van der Waals surface area contributed by atoms with Gasteiger partial charge < -0.3 is 14.8 Å². The normalized spacial score (nSPS) is 11.5. The first-order valence-corrected chi connectivity index (χ1v) is 15.2. The number of carbonyl (C=O) groups excluding carboxylic acids is 2. The highest BCUT2D eigenvalue weighted by Crippen LogP contribution is 2.26. The Kier molecular flexibility index (Phi) is 12.4. The molecule has 9 heteroatoms. The lowest BCUT2D eigenvalue weighted by molar-refractivity contribution is -0.201. The Morgan fingerprint density at radius 1 is 0.761 bits per heavy atom. The number of nitrogens with zero attached hydrogens (tertiary/aromatic N) is 1. The molecule has 1 N–H and O–H groups in total. The summed E-state index contributed by atoms with van der Waals surface area (Å²) in [5.41, 5.74) is 6.21. The van der Waals surface area contributed by atoms with Crippen LogP contribution in [0.5, 0.6) is 5.75 Å². The van der Waals surface area contributed by atoms with E-state index in [0.717, 1.165) is 41.2 Å². The third-order valence-corrected chi connectivity index (χ3v) is 7.10. The highest BCUT2D eigenvalue weighted by Gasteiger charge is 2.42. The molecule has 0 spiro atoms. The summed E-state index contributed by atoms with van der Waals surface area (Å²) in [4.78, 5) is 24.9. The van der Waals surface area contributed by atoms with Gasteiger partial charge in [0.1, 0.15) is 5.75 Å². The number of benzene rings is 4. The van der Waals surface area contributed by atoms with Gasteiger partial charge in [0.05, 0.1) is 13.0 Å². The molecule has 0 unspecified atom stereocenters. The maximum absolute atomic E-state index is 12.3. The number of anilines is 1. The molecule has 0 aromatic heterocycles. The largest absolute Gasteiger partial charge is 0.493 e. The van der Waals surface area contributed by atoms with E-state index >= 15 is 0 Å². The number of aryl methyl sites for hydroxylation is 1. The summed E-state index contributed by atoms with van der Waals surface area (Å²) in [6.07, 6.45) is -5.39. The zero-order valence-corrected chi connectivity index (χ0v) is 26.1. The van der Waals surface area contributed by atoms with Crippen LogP contribution >= 0.6 is 0 Å². The van der Waals surface area contributed by atoms with Gasteiger partial charge in [0.2, 0.25) is 0 Å². The lowest BCUT2D eigenvalue weighted by Gasteiger charge is -2.25. The van der Waals surface area contributed by atoms with Crippen LogP contribution in [-0.2, 0) is 46.9 Å². The standard InChI is InChI=1S/C37H39F3N2O4/c1-27(2)26-45-34-19-15-31(22-41-33-17-13-28(14-18-33)16-20-35(43)46-36(44)37(38,39)40)21-32(34)25-42(23-29-9-5-3-6-10-29)24-30-11-7-4-8-12-30/h3-15,17-19,21,27,41H,16,20,22-26H2,1-2H3. The second kappa shape index (κ2) is 16.6. The first-order chi connectivity index (χ1) is 22.0.